The highest BCUT2D eigenvalue weighted by atomic mass is 32.2. The molecule has 5 nitrogen and oxygen atoms in total. The van der Waals surface area contributed by atoms with Crippen LogP contribution in [0.5, 0.6) is 0 Å². The van der Waals surface area contributed by atoms with Gasteiger partial charge in [-0.1, -0.05) is 49.4 Å². The minimum atomic E-state index is -3.60. The first-order valence-corrected chi connectivity index (χ1v) is 10.6. The van der Waals surface area contributed by atoms with Gasteiger partial charge in [-0.15, -0.1) is 0 Å². The lowest BCUT2D eigenvalue weighted by molar-refractivity contribution is -0.122. The highest BCUT2D eigenvalue weighted by Crippen LogP contribution is 2.23. The van der Waals surface area contributed by atoms with E-state index >= 15 is 0 Å². The summed E-state index contributed by atoms with van der Waals surface area (Å²) in [6.45, 7) is 4.17. The van der Waals surface area contributed by atoms with Gasteiger partial charge in [-0.25, -0.2) is 8.42 Å². The molecular formula is C20H26N2O3S. The summed E-state index contributed by atoms with van der Waals surface area (Å²) >= 11 is 0. The molecule has 0 spiro atoms. The van der Waals surface area contributed by atoms with Crippen LogP contribution in [-0.4, -0.2) is 33.2 Å². The molecule has 0 unspecified atom stereocenters. The molecule has 2 aromatic carbocycles. The minimum Gasteiger partial charge on any atom is -0.354 e. The molecule has 1 atom stereocenters. The molecule has 0 aliphatic rings. The van der Waals surface area contributed by atoms with Crippen LogP contribution >= 0.6 is 0 Å². The zero-order chi connectivity index (χ0) is 19.2. The first-order valence-electron chi connectivity index (χ1n) is 8.70. The Morgan fingerprint density at radius 2 is 1.81 bits per heavy atom. The number of sulfonamides is 1. The van der Waals surface area contributed by atoms with Crippen molar-refractivity contribution in [2.75, 3.05) is 17.1 Å². The predicted octanol–water partition coefficient (Wildman–Crippen LogP) is 2.90. The third kappa shape index (κ3) is 5.33. The van der Waals surface area contributed by atoms with E-state index in [9.17, 15) is 13.2 Å². The number of nitrogens with one attached hydrogen (secondary N) is 1. The number of nitrogens with zero attached hydrogens (tertiary/aromatic N) is 1. The number of rotatable bonds is 8. The molecule has 26 heavy (non-hydrogen) atoms. The fourth-order valence-electron chi connectivity index (χ4n) is 2.92. The highest BCUT2D eigenvalue weighted by Gasteiger charge is 2.31. The monoisotopic (exact) mass is 374 g/mol. The summed E-state index contributed by atoms with van der Waals surface area (Å²) in [7, 11) is -3.60. The van der Waals surface area contributed by atoms with E-state index in [0.717, 1.165) is 17.4 Å². The number of benzene rings is 2. The number of anilines is 1. The van der Waals surface area contributed by atoms with Crippen molar-refractivity contribution in [2.24, 2.45) is 0 Å². The van der Waals surface area contributed by atoms with Crippen molar-refractivity contribution < 1.29 is 13.2 Å². The molecule has 140 valence electrons. The first kappa shape index (κ1) is 20.0. The topological polar surface area (TPSA) is 66.5 Å². The minimum absolute atomic E-state index is 0.282. The van der Waals surface area contributed by atoms with Gasteiger partial charge in [0.15, 0.2) is 0 Å². The molecule has 0 aromatic heterocycles. The van der Waals surface area contributed by atoms with Crippen LogP contribution in [0.1, 0.15) is 24.5 Å². The summed E-state index contributed by atoms with van der Waals surface area (Å²) in [4.78, 5) is 12.7. The molecule has 0 fully saturated rings. The predicted molar refractivity (Wildman–Crippen MR) is 106 cm³/mol. The van der Waals surface area contributed by atoms with E-state index in [1.165, 1.54) is 4.31 Å². The smallest absolute Gasteiger partial charge is 0.243 e. The largest absolute Gasteiger partial charge is 0.354 e. The molecule has 0 bridgehead atoms. The maximum absolute atomic E-state index is 12.7. The molecule has 0 aliphatic heterocycles. The van der Waals surface area contributed by atoms with Crippen molar-refractivity contribution in [1.82, 2.24) is 5.32 Å². The van der Waals surface area contributed by atoms with Gasteiger partial charge in [-0.05, 0) is 43.0 Å². The van der Waals surface area contributed by atoms with Crippen molar-refractivity contribution in [3.8, 4) is 0 Å². The first-order chi connectivity index (χ1) is 12.3. The summed E-state index contributed by atoms with van der Waals surface area (Å²) in [5.74, 6) is -0.282. The second kappa shape index (κ2) is 8.85. The van der Waals surface area contributed by atoms with Gasteiger partial charge in [0.2, 0.25) is 15.9 Å². The van der Waals surface area contributed by atoms with Gasteiger partial charge in [0, 0.05) is 6.54 Å². The van der Waals surface area contributed by atoms with E-state index in [0.29, 0.717) is 25.1 Å². The fourth-order valence-corrected chi connectivity index (χ4v) is 4.12. The zero-order valence-corrected chi connectivity index (χ0v) is 16.3. The van der Waals surface area contributed by atoms with E-state index in [-0.39, 0.29) is 5.91 Å². The third-order valence-corrected chi connectivity index (χ3v) is 5.32. The second-order valence-corrected chi connectivity index (χ2v) is 8.21. The highest BCUT2D eigenvalue weighted by molar-refractivity contribution is 7.92. The molecule has 6 heteroatoms. The van der Waals surface area contributed by atoms with Crippen LogP contribution < -0.4 is 9.62 Å². The van der Waals surface area contributed by atoms with Crippen LogP contribution in [0.2, 0.25) is 0 Å². The van der Waals surface area contributed by atoms with Gasteiger partial charge in [-0.3, -0.25) is 9.10 Å². The number of hydrogen-bond donors (Lipinski definition) is 1. The standard InChI is InChI=1S/C20H26N2O3S/c1-4-19(20(23)21-14-13-17-10-6-5-7-11-17)22(26(3,24)25)18-12-8-9-16(2)15-18/h5-12,15,19H,4,13-14H2,1-3H3,(H,21,23)/t19-/m0/s1. The molecular weight excluding hydrogens is 348 g/mol. The summed E-state index contributed by atoms with van der Waals surface area (Å²) < 4.78 is 26.0. The normalized spacial score (nSPS) is 12.4. The quantitative estimate of drug-likeness (QED) is 0.773. The number of carbonyl (C=O) groups excluding carboxylic acids is 1. The molecule has 0 aliphatic carbocycles. The molecule has 2 aromatic rings. The average molecular weight is 375 g/mol. The van der Waals surface area contributed by atoms with Gasteiger partial charge in [-0.2, -0.15) is 0 Å². The van der Waals surface area contributed by atoms with E-state index in [1.54, 1.807) is 18.2 Å². The number of amides is 1. The average Bonchev–Trinajstić information content (AvgIpc) is 2.59. The van der Waals surface area contributed by atoms with Gasteiger partial charge < -0.3 is 5.32 Å². The van der Waals surface area contributed by atoms with E-state index in [4.69, 9.17) is 0 Å². The molecule has 1 N–H and O–H groups in total. The van der Waals surface area contributed by atoms with Crippen molar-refractivity contribution in [3.05, 3.63) is 65.7 Å². The Kier molecular flexibility index (Phi) is 6.80. The molecule has 2 rings (SSSR count). The lowest BCUT2D eigenvalue weighted by Crippen LogP contribution is -2.49. The summed E-state index contributed by atoms with van der Waals surface area (Å²) in [5, 5.41) is 2.87. The van der Waals surface area contributed by atoms with E-state index < -0.39 is 16.1 Å². The number of aryl methyl sites for hydroxylation is 1. The van der Waals surface area contributed by atoms with Gasteiger partial charge in [0.05, 0.1) is 11.9 Å². The maximum atomic E-state index is 12.7. The Morgan fingerprint density at radius 3 is 2.38 bits per heavy atom. The summed E-state index contributed by atoms with van der Waals surface area (Å²) in [5.41, 5.74) is 2.58. The van der Waals surface area contributed by atoms with Crippen molar-refractivity contribution in [1.29, 1.82) is 0 Å². The Balaban J connectivity index is 2.15. The van der Waals surface area contributed by atoms with Crippen LogP contribution in [0.4, 0.5) is 5.69 Å². The molecule has 0 heterocycles. The molecule has 0 saturated carbocycles. The summed E-state index contributed by atoms with van der Waals surface area (Å²) in [6, 6.07) is 16.3. The second-order valence-electron chi connectivity index (χ2n) is 6.35. The molecule has 0 saturated heterocycles. The zero-order valence-electron chi connectivity index (χ0n) is 15.5. The van der Waals surface area contributed by atoms with Gasteiger partial charge in [0.25, 0.3) is 0 Å². The number of hydrogen-bond acceptors (Lipinski definition) is 3. The van der Waals surface area contributed by atoms with Crippen LogP contribution in [0.25, 0.3) is 0 Å². The lowest BCUT2D eigenvalue weighted by atomic mass is 10.1. The Hall–Kier alpha value is -2.34. The Labute approximate surface area is 156 Å². The van der Waals surface area contributed by atoms with Crippen LogP contribution in [-0.2, 0) is 21.2 Å². The van der Waals surface area contributed by atoms with Crippen molar-refractivity contribution in [2.45, 2.75) is 32.7 Å². The third-order valence-electron chi connectivity index (χ3n) is 4.14. The van der Waals surface area contributed by atoms with Crippen LogP contribution in [0.3, 0.4) is 0 Å². The summed E-state index contributed by atoms with van der Waals surface area (Å²) in [6.07, 6.45) is 2.22. The van der Waals surface area contributed by atoms with Crippen molar-refractivity contribution in [3.63, 3.8) is 0 Å². The Bertz CT molecular complexity index is 835. The van der Waals surface area contributed by atoms with Crippen LogP contribution in [0, 0.1) is 6.92 Å². The van der Waals surface area contributed by atoms with Crippen LogP contribution in [0.15, 0.2) is 54.6 Å². The maximum Gasteiger partial charge on any atom is 0.243 e. The fraction of sp³-hybridized carbons (Fsp3) is 0.350. The molecule has 1 amide bonds. The Morgan fingerprint density at radius 1 is 1.12 bits per heavy atom. The lowest BCUT2D eigenvalue weighted by Gasteiger charge is -2.30. The van der Waals surface area contributed by atoms with E-state index in [1.807, 2.05) is 50.2 Å². The van der Waals surface area contributed by atoms with Crippen molar-refractivity contribution >= 4 is 21.6 Å². The SMILES string of the molecule is CC[C@@H](C(=O)NCCc1ccccc1)N(c1cccc(C)c1)S(C)(=O)=O. The van der Waals surface area contributed by atoms with E-state index in [2.05, 4.69) is 5.32 Å². The van der Waals surface area contributed by atoms with Gasteiger partial charge in [0.1, 0.15) is 6.04 Å². The van der Waals surface area contributed by atoms with Gasteiger partial charge >= 0.3 is 0 Å². The number of carbonyl (C=O) groups is 1. The molecule has 0 radical (unpaired) electrons.